The number of benzene rings is 4. The first-order valence-corrected chi connectivity index (χ1v) is 13.5. The van der Waals surface area contributed by atoms with Crippen LogP contribution >= 0.6 is 0 Å². The summed E-state index contributed by atoms with van der Waals surface area (Å²) in [5.74, 6) is 2.49. The minimum atomic E-state index is -0.326. The van der Waals surface area contributed by atoms with E-state index in [0.717, 1.165) is 33.8 Å². The Hall–Kier alpha value is -5.57. The smallest absolute Gasteiger partial charge is 0.260 e. The molecular weight excluding hydrogens is 544 g/mol. The van der Waals surface area contributed by atoms with Crippen molar-refractivity contribution in [1.29, 1.82) is 0 Å². The maximum Gasteiger partial charge on any atom is 0.260 e. The van der Waals surface area contributed by atoms with E-state index in [-0.39, 0.29) is 12.5 Å². The third-order valence-corrected chi connectivity index (χ3v) is 6.80. The summed E-state index contributed by atoms with van der Waals surface area (Å²) in [6, 6.07) is 31.0. The summed E-state index contributed by atoms with van der Waals surface area (Å²) in [4.78, 5) is 18.5. The Morgan fingerprint density at radius 2 is 1.37 bits per heavy atom. The zero-order valence-corrected chi connectivity index (χ0v) is 24.4. The van der Waals surface area contributed by atoms with Crippen LogP contribution in [0.2, 0.25) is 0 Å². The van der Waals surface area contributed by atoms with Crippen LogP contribution in [0.1, 0.15) is 5.56 Å². The summed E-state index contributed by atoms with van der Waals surface area (Å²) in [6.07, 6.45) is 1.52. The Kier molecular flexibility index (Phi) is 9.02. The van der Waals surface area contributed by atoms with Gasteiger partial charge in [0.1, 0.15) is 18.1 Å². The Labute approximate surface area is 250 Å². The third kappa shape index (κ3) is 6.36. The molecule has 0 atom stereocenters. The Bertz CT molecular complexity index is 1690. The van der Waals surface area contributed by atoms with Crippen LogP contribution in [0.15, 0.2) is 102 Å². The highest BCUT2D eigenvalue weighted by Crippen LogP contribution is 2.38. The van der Waals surface area contributed by atoms with Gasteiger partial charge in [0, 0.05) is 22.3 Å². The summed E-state index contributed by atoms with van der Waals surface area (Å²) in [5.41, 5.74) is 7.62. The van der Waals surface area contributed by atoms with Crippen LogP contribution in [0, 0.1) is 0 Å². The standard InChI is InChI=1S/C34H32N4O5/c1-40-27-17-15-26(16-18-27)34-36-31(24-11-7-5-8-12-24)32(25-13-9-6-10-14-25)38(34)22-30(39)37-35-21-23-19-28(41-2)33(43-4)29(20-23)42-3/h5-21H,22H2,1-4H3,(H,37,39)/b35-21+. The third-order valence-electron chi connectivity index (χ3n) is 6.80. The maximum absolute atomic E-state index is 13.4. The molecular formula is C34H32N4O5. The van der Waals surface area contributed by atoms with Crippen molar-refractivity contribution in [3.8, 4) is 56.9 Å². The molecule has 0 aliphatic rings. The lowest BCUT2D eigenvalue weighted by atomic mass is 10.0. The highest BCUT2D eigenvalue weighted by molar-refractivity contribution is 5.87. The van der Waals surface area contributed by atoms with Gasteiger partial charge in [0.25, 0.3) is 5.91 Å². The van der Waals surface area contributed by atoms with Gasteiger partial charge < -0.3 is 23.5 Å². The molecule has 1 aromatic heterocycles. The van der Waals surface area contributed by atoms with Crippen molar-refractivity contribution < 1.29 is 23.7 Å². The second-order valence-electron chi connectivity index (χ2n) is 9.43. The van der Waals surface area contributed by atoms with E-state index in [9.17, 15) is 4.79 Å². The van der Waals surface area contributed by atoms with Gasteiger partial charge in [-0.2, -0.15) is 5.10 Å². The van der Waals surface area contributed by atoms with E-state index in [1.165, 1.54) is 13.3 Å². The number of nitrogens with zero attached hydrogens (tertiary/aromatic N) is 3. The molecule has 0 bridgehead atoms. The molecule has 0 aliphatic heterocycles. The number of hydrogen-bond donors (Lipinski definition) is 1. The molecule has 0 fully saturated rings. The molecule has 0 saturated carbocycles. The molecule has 0 saturated heterocycles. The molecule has 0 unspecified atom stereocenters. The fourth-order valence-corrected chi connectivity index (χ4v) is 4.79. The number of amides is 1. The predicted octanol–water partition coefficient (Wildman–Crippen LogP) is 6.07. The largest absolute Gasteiger partial charge is 0.497 e. The summed E-state index contributed by atoms with van der Waals surface area (Å²) in [6.45, 7) is -0.0297. The molecule has 218 valence electrons. The van der Waals surface area contributed by atoms with Crippen molar-refractivity contribution >= 4 is 12.1 Å². The van der Waals surface area contributed by atoms with Crippen molar-refractivity contribution in [1.82, 2.24) is 15.0 Å². The molecule has 4 aromatic carbocycles. The van der Waals surface area contributed by atoms with Crippen molar-refractivity contribution in [3.63, 3.8) is 0 Å². The van der Waals surface area contributed by atoms with E-state index >= 15 is 0 Å². The number of methoxy groups -OCH3 is 4. The second kappa shape index (κ2) is 13.4. The van der Waals surface area contributed by atoms with E-state index in [4.69, 9.17) is 23.9 Å². The van der Waals surface area contributed by atoms with Gasteiger partial charge in [-0.15, -0.1) is 0 Å². The van der Waals surface area contributed by atoms with Crippen LogP contribution in [0.3, 0.4) is 0 Å². The highest BCUT2D eigenvalue weighted by Gasteiger charge is 2.23. The van der Waals surface area contributed by atoms with Gasteiger partial charge in [0.05, 0.1) is 46.0 Å². The van der Waals surface area contributed by atoms with E-state index in [1.54, 1.807) is 33.5 Å². The van der Waals surface area contributed by atoms with Crippen LogP contribution in [-0.2, 0) is 11.3 Å². The number of hydrogen-bond acceptors (Lipinski definition) is 7. The van der Waals surface area contributed by atoms with E-state index in [0.29, 0.717) is 28.6 Å². The van der Waals surface area contributed by atoms with Gasteiger partial charge >= 0.3 is 0 Å². The van der Waals surface area contributed by atoms with Crippen LogP contribution in [-0.4, -0.2) is 50.1 Å². The Morgan fingerprint density at radius 3 is 1.93 bits per heavy atom. The molecule has 1 heterocycles. The monoisotopic (exact) mass is 576 g/mol. The van der Waals surface area contributed by atoms with Gasteiger partial charge in [0.15, 0.2) is 11.5 Å². The van der Waals surface area contributed by atoms with Gasteiger partial charge in [-0.1, -0.05) is 60.7 Å². The summed E-state index contributed by atoms with van der Waals surface area (Å²) in [5, 5.41) is 4.21. The summed E-state index contributed by atoms with van der Waals surface area (Å²) < 4.78 is 23.5. The Balaban J connectivity index is 1.53. The number of hydrazone groups is 1. The van der Waals surface area contributed by atoms with Gasteiger partial charge in [-0.05, 0) is 36.4 Å². The number of carbonyl (C=O) groups excluding carboxylic acids is 1. The topological polar surface area (TPSA) is 96.2 Å². The van der Waals surface area contributed by atoms with Crippen molar-refractivity contribution in [2.24, 2.45) is 5.10 Å². The maximum atomic E-state index is 13.4. The predicted molar refractivity (Wildman–Crippen MR) is 167 cm³/mol. The number of imidazole rings is 1. The molecule has 5 rings (SSSR count). The minimum absolute atomic E-state index is 0.0297. The fourth-order valence-electron chi connectivity index (χ4n) is 4.79. The normalized spacial score (nSPS) is 10.9. The van der Waals surface area contributed by atoms with Crippen LogP contribution in [0.4, 0.5) is 0 Å². The Morgan fingerprint density at radius 1 is 0.767 bits per heavy atom. The molecule has 5 aromatic rings. The molecule has 43 heavy (non-hydrogen) atoms. The quantitative estimate of drug-likeness (QED) is 0.152. The first kappa shape index (κ1) is 28.9. The zero-order valence-electron chi connectivity index (χ0n) is 24.4. The molecule has 0 radical (unpaired) electrons. The lowest BCUT2D eigenvalue weighted by Gasteiger charge is -2.13. The lowest BCUT2D eigenvalue weighted by Crippen LogP contribution is -2.24. The van der Waals surface area contributed by atoms with Gasteiger partial charge in [-0.25, -0.2) is 10.4 Å². The van der Waals surface area contributed by atoms with Crippen molar-refractivity contribution in [2.75, 3.05) is 28.4 Å². The molecule has 1 N–H and O–H groups in total. The van der Waals surface area contributed by atoms with Crippen LogP contribution < -0.4 is 24.4 Å². The second-order valence-corrected chi connectivity index (χ2v) is 9.43. The van der Waals surface area contributed by atoms with E-state index in [1.807, 2.05) is 89.5 Å². The zero-order chi connectivity index (χ0) is 30.2. The van der Waals surface area contributed by atoms with Crippen LogP contribution in [0.5, 0.6) is 23.0 Å². The highest BCUT2D eigenvalue weighted by atomic mass is 16.5. The van der Waals surface area contributed by atoms with Gasteiger partial charge in [-0.3, -0.25) is 4.79 Å². The van der Waals surface area contributed by atoms with Crippen molar-refractivity contribution in [2.45, 2.75) is 6.54 Å². The molecule has 1 amide bonds. The fraction of sp³-hybridized carbons (Fsp3) is 0.147. The molecule has 0 aliphatic carbocycles. The first-order chi connectivity index (χ1) is 21.1. The van der Waals surface area contributed by atoms with E-state index < -0.39 is 0 Å². The number of aromatic nitrogens is 2. The SMILES string of the molecule is COc1ccc(-c2nc(-c3ccccc3)c(-c3ccccc3)n2CC(=O)N/N=C/c2cc(OC)c(OC)c(OC)c2)cc1. The lowest BCUT2D eigenvalue weighted by molar-refractivity contribution is -0.121. The minimum Gasteiger partial charge on any atom is -0.497 e. The molecule has 9 nitrogen and oxygen atoms in total. The molecule has 0 spiro atoms. The average molecular weight is 577 g/mol. The molecule has 9 heteroatoms. The number of nitrogens with one attached hydrogen (secondary N) is 1. The number of carbonyl (C=O) groups is 1. The van der Waals surface area contributed by atoms with E-state index in [2.05, 4.69) is 10.5 Å². The van der Waals surface area contributed by atoms with Gasteiger partial charge in [0.2, 0.25) is 5.75 Å². The summed E-state index contributed by atoms with van der Waals surface area (Å²) in [7, 11) is 6.25. The van der Waals surface area contributed by atoms with Crippen LogP contribution in [0.25, 0.3) is 33.9 Å². The number of ether oxygens (including phenoxy) is 4. The number of rotatable bonds is 11. The van der Waals surface area contributed by atoms with Crippen molar-refractivity contribution in [3.05, 3.63) is 103 Å². The summed E-state index contributed by atoms with van der Waals surface area (Å²) >= 11 is 0. The first-order valence-electron chi connectivity index (χ1n) is 13.5. The average Bonchev–Trinajstić information content (AvgIpc) is 3.43.